The molecule has 2 nitrogen and oxygen atoms in total. The summed E-state index contributed by atoms with van der Waals surface area (Å²) in [6, 6.07) is 1.95. The average molecular weight is 205 g/mol. The Bertz CT molecular complexity index is 341. The molecule has 1 heterocycles. The first-order valence-electron chi connectivity index (χ1n) is 5.44. The summed E-state index contributed by atoms with van der Waals surface area (Å²) in [4.78, 5) is 16.0. The summed E-state index contributed by atoms with van der Waals surface area (Å²) in [5.41, 5.74) is 2.86. The summed E-state index contributed by atoms with van der Waals surface area (Å²) >= 11 is 0. The minimum atomic E-state index is 0.121. The highest BCUT2D eigenvalue weighted by molar-refractivity contribution is 5.97. The second-order valence-corrected chi connectivity index (χ2v) is 4.53. The van der Waals surface area contributed by atoms with Crippen molar-refractivity contribution in [2.75, 3.05) is 0 Å². The van der Waals surface area contributed by atoms with E-state index in [1.165, 1.54) is 0 Å². The minimum absolute atomic E-state index is 0.121. The smallest absolute Gasteiger partial charge is 0.161 e. The fraction of sp³-hybridized carbons (Fsp3) is 0.538. The molecule has 15 heavy (non-hydrogen) atoms. The van der Waals surface area contributed by atoms with Gasteiger partial charge in [-0.15, -0.1) is 0 Å². The second-order valence-electron chi connectivity index (χ2n) is 4.53. The molecule has 0 fully saturated rings. The molecule has 0 atom stereocenters. The largest absolute Gasteiger partial charge is 0.294 e. The van der Waals surface area contributed by atoms with Crippen LogP contribution in [0.25, 0.3) is 0 Å². The lowest BCUT2D eigenvalue weighted by Gasteiger charge is -2.16. The molecule has 1 aromatic heterocycles. The van der Waals surface area contributed by atoms with Gasteiger partial charge in [-0.3, -0.25) is 9.78 Å². The molecule has 0 aromatic carbocycles. The van der Waals surface area contributed by atoms with Crippen molar-refractivity contribution >= 4 is 5.78 Å². The molecule has 0 aliphatic rings. The van der Waals surface area contributed by atoms with Gasteiger partial charge in [0, 0.05) is 11.8 Å². The molecule has 1 rings (SSSR count). The van der Waals surface area contributed by atoms with E-state index in [1.54, 1.807) is 13.1 Å². The predicted molar refractivity (Wildman–Crippen MR) is 62.4 cm³/mol. The Morgan fingerprint density at radius 2 is 1.80 bits per heavy atom. The van der Waals surface area contributed by atoms with E-state index >= 15 is 0 Å². The number of aromatic nitrogens is 1. The molecule has 0 N–H and O–H groups in total. The first kappa shape index (κ1) is 11.9. The normalized spacial score (nSPS) is 11.1. The third-order valence-electron chi connectivity index (χ3n) is 2.53. The zero-order chi connectivity index (χ0) is 11.6. The van der Waals surface area contributed by atoms with E-state index in [-0.39, 0.29) is 5.78 Å². The van der Waals surface area contributed by atoms with E-state index in [9.17, 15) is 4.79 Å². The Morgan fingerprint density at radius 1 is 1.20 bits per heavy atom. The van der Waals surface area contributed by atoms with E-state index < -0.39 is 0 Å². The summed E-state index contributed by atoms with van der Waals surface area (Å²) in [7, 11) is 0. The van der Waals surface area contributed by atoms with Gasteiger partial charge in [0.05, 0.1) is 5.69 Å². The number of carbonyl (C=O) groups excluding carboxylic acids is 1. The van der Waals surface area contributed by atoms with Crippen molar-refractivity contribution in [3.05, 3.63) is 29.1 Å². The van der Waals surface area contributed by atoms with Crippen molar-refractivity contribution in [3.63, 3.8) is 0 Å². The fourth-order valence-corrected chi connectivity index (χ4v) is 1.80. The number of hydrogen-bond donors (Lipinski definition) is 0. The molecule has 82 valence electrons. The predicted octanol–water partition coefficient (Wildman–Crippen LogP) is 3.53. The van der Waals surface area contributed by atoms with Crippen LogP contribution in [0.3, 0.4) is 0 Å². The lowest BCUT2D eigenvalue weighted by molar-refractivity contribution is 0.101. The van der Waals surface area contributed by atoms with Crippen molar-refractivity contribution in [2.24, 2.45) is 0 Å². The summed E-state index contributed by atoms with van der Waals surface area (Å²) in [6.45, 7) is 9.96. The maximum atomic E-state index is 11.7. The quantitative estimate of drug-likeness (QED) is 0.706. The third kappa shape index (κ3) is 2.44. The lowest BCUT2D eigenvalue weighted by Crippen LogP contribution is -2.09. The topological polar surface area (TPSA) is 30.0 Å². The van der Waals surface area contributed by atoms with Crippen molar-refractivity contribution < 1.29 is 4.79 Å². The number of hydrogen-bond acceptors (Lipinski definition) is 2. The summed E-state index contributed by atoms with van der Waals surface area (Å²) < 4.78 is 0. The van der Waals surface area contributed by atoms with Crippen LogP contribution in [-0.4, -0.2) is 10.8 Å². The van der Waals surface area contributed by atoms with E-state index in [2.05, 4.69) is 32.7 Å². The number of ketones is 1. The van der Waals surface area contributed by atoms with Crippen molar-refractivity contribution in [3.8, 4) is 0 Å². The van der Waals surface area contributed by atoms with Crippen LogP contribution in [-0.2, 0) is 0 Å². The molecule has 1 aromatic rings. The highest BCUT2D eigenvalue weighted by atomic mass is 16.1. The van der Waals surface area contributed by atoms with Crippen molar-refractivity contribution in [2.45, 2.75) is 46.5 Å². The zero-order valence-electron chi connectivity index (χ0n) is 10.2. The van der Waals surface area contributed by atoms with E-state index in [0.717, 1.165) is 16.8 Å². The van der Waals surface area contributed by atoms with Gasteiger partial charge < -0.3 is 0 Å². The standard InChI is InChI=1S/C13H19NO/c1-8(2)11-6-7-14-13(9(3)4)12(11)10(5)15/h6-9H,1-5H3. The molecule has 0 saturated heterocycles. The number of pyridine rings is 1. The molecular weight excluding hydrogens is 186 g/mol. The monoisotopic (exact) mass is 205 g/mol. The number of Topliss-reactive ketones (excluding diaryl/α,β-unsaturated/α-hetero) is 1. The Balaban J connectivity index is 3.42. The van der Waals surface area contributed by atoms with Crippen LogP contribution < -0.4 is 0 Å². The molecule has 0 aliphatic heterocycles. The maximum absolute atomic E-state index is 11.7. The second kappa shape index (κ2) is 4.56. The Kier molecular flexibility index (Phi) is 3.61. The van der Waals surface area contributed by atoms with Crippen LogP contribution in [0.1, 0.15) is 68.1 Å². The van der Waals surface area contributed by atoms with Gasteiger partial charge in [0.2, 0.25) is 0 Å². The summed E-state index contributed by atoms with van der Waals surface area (Å²) in [6.07, 6.45) is 1.80. The minimum Gasteiger partial charge on any atom is -0.294 e. The third-order valence-corrected chi connectivity index (χ3v) is 2.53. The van der Waals surface area contributed by atoms with E-state index in [0.29, 0.717) is 11.8 Å². The molecule has 0 aliphatic carbocycles. The van der Waals surface area contributed by atoms with Gasteiger partial charge in [-0.2, -0.15) is 0 Å². The van der Waals surface area contributed by atoms with Gasteiger partial charge in [-0.25, -0.2) is 0 Å². The van der Waals surface area contributed by atoms with Crippen LogP contribution in [0.15, 0.2) is 12.3 Å². The van der Waals surface area contributed by atoms with Crippen molar-refractivity contribution in [1.29, 1.82) is 0 Å². The maximum Gasteiger partial charge on any atom is 0.161 e. The number of nitrogens with zero attached hydrogens (tertiary/aromatic N) is 1. The number of rotatable bonds is 3. The van der Waals surface area contributed by atoms with Crippen LogP contribution in [0, 0.1) is 0 Å². The van der Waals surface area contributed by atoms with Gasteiger partial charge in [-0.05, 0) is 30.4 Å². The molecule has 0 radical (unpaired) electrons. The van der Waals surface area contributed by atoms with Crippen molar-refractivity contribution in [1.82, 2.24) is 4.98 Å². The zero-order valence-corrected chi connectivity index (χ0v) is 10.2. The Hall–Kier alpha value is -1.18. The van der Waals surface area contributed by atoms with Crippen LogP contribution in [0.4, 0.5) is 0 Å². The fourth-order valence-electron chi connectivity index (χ4n) is 1.80. The van der Waals surface area contributed by atoms with E-state index in [4.69, 9.17) is 0 Å². The Morgan fingerprint density at radius 3 is 2.20 bits per heavy atom. The summed E-state index contributed by atoms with van der Waals surface area (Å²) in [5, 5.41) is 0. The first-order chi connectivity index (χ1) is 6.95. The first-order valence-corrected chi connectivity index (χ1v) is 5.44. The summed E-state index contributed by atoms with van der Waals surface area (Å²) in [5.74, 6) is 0.780. The molecular formula is C13H19NO. The van der Waals surface area contributed by atoms with E-state index in [1.807, 2.05) is 6.07 Å². The van der Waals surface area contributed by atoms with Crippen LogP contribution >= 0.6 is 0 Å². The molecule has 0 amide bonds. The average Bonchev–Trinajstić information content (AvgIpc) is 2.16. The van der Waals surface area contributed by atoms with Gasteiger partial charge in [0.15, 0.2) is 5.78 Å². The molecule has 0 bridgehead atoms. The van der Waals surface area contributed by atoms with Crippen LogP contribution in [0.2, 0.25) is 0 Å². The molecule has 0 saturated carbocycles. The van der Waals surface area contributed by atoms with Gasteiger partial charge >= 0.3 is 0 Å². The molecule has 2 heteroatoms. The van der Waals surface area contributed by atoms with Gasteiger partial charge in [0.25, 0.3) is 0 Å². The highest BCUT2D eigenvalue weighted by Crippen LogP contribution is 2.25. The van der Waals surface area contributed by atoms with Gasteiger partial charge in [-0.1, -0.05) is 27.7 Å². The molecule has 0 spiro atoms. The molecule has 0 unspecified atom stereocenters. The highest BCUT2D eigenvalue weighted by Gasteiger charge is 2.17. The lowest BCUT2D eigenvalue weighted by atomic mass is 9.91. The van der Waals surface area contributed by atoms with Crippen LogP contribution in [0.5, 0.6) is 0 Å². The Labute approximate surface area is 91.7 Å². The number of carbonyl (C=O) groups is 1. The van der Waals surface area contributed by atoms with Gasteiger partial charge in [0.1, 0.15) is 0 Å². The SMILES string of the molecule is CC(=O)c1c(C(C)C)ccnc1C(C)C.